The zero-order valence-electron chi connectivity index (χ0n) is 30.3. The number of sulfonamides is 1. The minimum absolute atomic E-state index is 0.0853. The lowest BCUT2D eigenvalue weighted by molar-refractivity contribution is -0.141. The number of carbonyl (C=O) groups excluding carboxylic acids is 3. The molecule has 2 aromatic heterocycles. The van der Waals surface area contributed by atoms with Crippen LogP contribution in [0.25, 0.3) is 21.6 Å². The van der Waals surface area contributed by atoms with Crippen molar-refractivity contribution in [1.29, 1.82) is 0 Å². The molecule has 4 heterocycles. The third-order valence-corrected chi connectivity index (χ3v) is 14.3. The van der Waals surface area contributed by atoms with E-state index in [2.05, 4.69) is 20.3 Å². The average molecular weight is 797 g/mol. The summed E-state index contributed by atoms with van der Waals surface area (Å²) in [5.74, 6) is -0.331. The zero-order chi connectivity index (χ0) is 37.8. The van der Waals surface area contributed by atoms with Crippen LogP contribution in [0.15, 0.2) is 35.7 Å². The van der Waals surface area contributed by atoms with Gasteiger partial charge in [0.15, 0.2) is 0 Å². The van der Waals surface area contributed by atoms with Crippen LogP contribution in [0.1, 0.15) is 87.8 Å². The largest absolute Gasteiger partial charge is 0.496 e. The third-order valence-electron chi connectivity index (χ3n) is 11.4. The van der Waals surface area contributed by atoms with Crippen molar-refractivity contribution in [2.75, 3.05) is 13.7 Å². The van der Waals surface area contributed by atoms with Gasteiger partial charge in [-0.1, -0.05) is 25.0 Å². The Bertz CT molecular complexity index is 2120. The maximum Gasteiger partial charge on any atom is 0.259 e. The number of aryl methyl sites for hydroxylation is 1. The summed E-state index contributed by atoms with van der Waals surface area (Å²) in [6.45, 7) is 2.03. The van der Waals surface area contributed by atoms with Gasteiger partial charge in [0.2, 0.25) is 21.8 Å². The second-order valence-electron chi connectivity index (χ2n) is 15.3. The summed E-state index contributed by atoms with van der Waals surface area (Å²) in [5.41, 5.74) is 1.80. The number of amides is 3. The molecule has 0 unspecified atom stereocenters. The van der Waals surface area contributed by atoms with Crippen molar-refractivity contribution in [3.8, 4) is 22.2 Å². The van der Waals surface area contributed by atoms with Crippen LogP contribution in [-0.2, 0) is 24.4 Å². The molecule has 3 aliphatic carbocycles. The highest BCUT2D eigenvalue weighted by Crippen LogP contribution is 2.47. The van der Waals surface area contributed by atoms with E-state index in [1.807, 2.05) is 37.3 Å². The molecule has 1 saturated heterocycles. The van der Waals surface area contributed by atoms with Crippen LogP contribution < -0.4 is 24.3 Å². The van der Waals surface area contributed by atoms with Gasteiger partial charge >= 0.3 is 0 Å². The number of nitrogens with one attached hydrogen (secondary N) is 3. The SMILES string of the molecule is COc1ccc2c(O[C@@H]3C[C@H]4C(=O)N[C@]5(C(=O)NS(=O)(=O)C6CC6)C[C@H]5/C=C\CCCCC[C@H](NCl)C(=O)N4C3)cc(-c3nc(C4CC4)cs3)nc2c1C. The van der Waals surface area contributed by atoms with E-state index in [1.165, 1.54) is 16.2 Å². The number of allylic oxidation sites excluding steroid dienone is 1. The molecular weight excluding hydrogens is 752 g/mol. The number of nitrogens with zero attached hydrogens (tertiary/aromatic N) is 3. The number of hydrogen-bond acceptors (Lipinski definition) is 11. The molecule has 2 aliphatic heterocycles. The molecule has 0 bridgehead atoms. The molecule has 0 spiro atoms. The van der Waals surface area contributed by atoms with Crippen LogP contribution in [0.2, 0.25) is 0 Å². The average Bonchev–Trinajstić information content (AvgIpc) is 4.11. The van der Waals surface area contributed by atoms with Gasteiger partial charge < -0.3 is 19.7 Å². The normalized spacial score (nSPS) is 28.3. The van der Waals surface area contributed by atoms with Gasteiger partial charge in [0.25, 0.3) is 5.91 Å². The number of benzene rings is 1. The number of pyridine rings is 1. The summed E-state index contributed by atoms with van der Waals surface area (Å²) >= 11 is 7.70. The number of rotatable bonds is 9. The smallest absolute Gasteiger partial charge is 0.259 e. The first kappa shape index (κ1) is 37.1. The standard InChI is InChI=1S/C38H45ClN6O7S2/c1-21-31(51-2)15-14-26-32(17-28(40-33(21)26)35-41-29(20-53-35)22-10-11-22)52-24-16-30-34(46)42-38(37(48)44-54(49,50)25-12-13-25)18-23(38)8-6-4-3-5-7-9-27(43-39)36(47)45(30)19-24/h6,8,14-15,17,20,22-25,27,30,43H,3-5,7,9-13,16,18-19H2,1-2H3,(H,42,46)(H,44,48)/b8-6-/t23-,24-,27+,30+,38-/m1/s1. The van der Waals surface area contributed by atoms with E-state index < -0.39 is 50.8 Å². The first-order chi connectivity index (χ1) is 26.0. The van der Waals surface area contributed by atoms with Crippen molar-refractivity contribution in [1.82, 2.24) is 29.7 Å². The summed E-state index contributed by atoms with van der Waals surface area (Å²) in [7, 11) is -2.25. The summed E-state index contributed by atoms with van der Waals surface area (Å²) in [6, 6.07) is 3.87. The van der Waals surface area contributed by atoms with Crippen LogP contribution in [0.3, 0.4) is 0 Å². The highest BCUT2D eigenvalue weighted by atomic mass is 35.5. The molecule has 3 aromatic rings. The highest BCUT2D eigenvalue weighted by Gasteiger charge is 2.62. The molecule has 54 heavy (non-hydrogen) atoms. The van der Waals surface area contributed by atoms with Crippen molar-refractivity contribution < 1.29 is 32.3 Å². The number of halogens is 1. The van der Waals surface area contributed by atoms with Gasteiger partial charge in [0.1, 0.15) is 45.9 Å². The Labute approximate surface area is 323 Å². The molecular formula is C38H45ClN6O7S2. The van der Waals surface area contributed by atoms with Gasteiger partial charge in [0, 0.05) is 40.7 Å². The predicted molar refractivity (Wildman–Crippen MR) is 205 cm³/mol. The van der Waals surface area contributed by atoms with Gasteiger partial charge in [-0.2, -0.15) is 0 Å². The van der Waals surface area contributed by atoms with E-state index in [1.54, 1.807) is 7.11 Å². The molecule has 4 fully saturated rings. The molecule has 3 N–H and O–H groups in total. The lowest BCUT2D eigenvalue weighted by Crippen LogP contribution is -2.57. The quantitative estimate of drug-likeness (QED) is 0.198. The zero-order valence-corrected chi connectivity index (χ0v) is 32.7. The van der Waals surface area contributed by atoms with E-state index in [0.29, 0.717) is 47.9 Å². The first-order valence-electron chi connectivity index (χ1n) is 18.8. The molecule has 8 rings (SSSR count). The molecule has 5 atom stereocenters. The Kier molecular flexibility index (Phi) is 10.1. The lowest BCUT2D eigenvalue weighted by atomic mass is 10.1. The number of carbonyl (C=O) groups is 3. The Morgan fingerprint density at radius 2 is 1.91 bits per heavy atom. The molecule has 0 radical (unpaired) electrons. The van der Waals surface area contributed by atoms with E-state index >= 15 is 0 Å². The van der Waals surface area contributed by atoms with Crippen LogP contribution in [0, 0.1) is 12.8 Å². The Morgan fingerprint density at radius 1 is 1.09 bits per heavy atom. The van der Waals surface area contributed by atoms with Gasteiger partial charge in [-0.05, 0) is 82.2 Å². The second kappa shape index (κ2) is 14.7. The van der Waals surface area contributed by atoms with E-state index in [9.17, 15) is 22.8 Å². The maximum absolute atomic E-state index is 14.4. The summed E-state index contributed by atoms with van der Waals surface area (Å²) in [5, 5.41) is 5.93. The van der Waals surface area contributed by atoms with Crippen molar-refractivity contribution in [2.24, 2.45) is 5.92 Å². The minimum Gasteiger partial charge on any atom is -0.496 e. The van der Waals surface area contributed by atoms with Crippen molar-refractivity contribution in [3.05, 3.63) is 47.0 Å². The molecule has 5 aliphatic rings. The van der Waals surface area contributed by atoms with Crippen molar-refractivity contribution in [3.63, 3.8) is 0 Å². The van der Waals surface area contributed by atoms with Crippen LogP contribution >= 0.6 is 23.1 Å². The summed E-state index contributed by atoms with van der Waals surface area (Å²) in [4.78, 5) is 56.3. The molecule has 3 amide bonds. The lowest BCUT2D eigenvalue weighted by Gasteiger charge is -2.29. The fraction of sp³-hybridized carbons (Fsp3) is 0.553. The van der Waals surface area contributed by atoms with E-state index in [-0.39, 0.29) is 31.2 Å². The topological polar surface area (TPSA) is 169 Å². The molecule has 3 saturated carbocycles. The fourth-order valence-corrected chi connectivity index (χ4v) is 10.2. The fourth-order valence-electron chi connectivity index (χ4n) is 7.77. The van der Waals surface area contributed by atoms with Crippen molar-refractivity contribution in [2.45, 2.75) is 112 Å². The third kappa shape index (κ3) is 7.31. The summed E-state index contributed by atoms with van der Waals surface area (Å²) in [6.07, 6.45) is 10.6. The predicted octanol–water partition coefficient (Wildman–Crippen LogP) is 5.02. The first-order valence-corrected chi connectivity index (χ1v) is 21.6. The monoisotopic (exact) mass is 796 g/mol. The highest BCUT2D eigenvalue weighted by molar-refractivity contribution is 7.91. The molecule has 288 valence electrons. The number of thiazole rings is 1. The molecule has 16 heteroatoms. The van der Waals surface area contributed by atoms with Gasteiger partial charge in [-0.3, -0.25) is 19.1 Å². The van der Waals surface area contributed by atoms with Crippen LogP contribution in [-0.4, -0.2) is 83.6 Å². The van der Waals surface area contributed by atoms with E-state index in [0.717, 1.165) is 60.2 Å². The Hall–Kier alpha value is -3.79. The molecule has 13 nitrogen and oxygen atoms in total. The summed E-state index contributed by atoms with van der Waals surface area (Å²) < 4.78 is 40.3. The van der Waals surface area contributed by atoms with Gasteiger partial charge in [0.05, 0.1) is 30.1 Å². The molecule has 1 aromatic carbocycles. The number of ether oxygens (including phenoxy) is 2. The maximum atomic E-state index is 14.4. The number of hydrogen-bond donors (Lipinski definition) is 3. The minimum atomic E-state index is -3.86. The number of fused-ring (bicyclic) bond motifs is 3. The van der Waals surface area contributed by atoms with Gasteiger partial charge in [-0.25, -0.2) is 23.2 Å². The number of methoxy groups -OCH3 is 1. The van der Waals surface area contributed by atoms with Crippen LogP contribution in [0.4, 0.5) is 0 Å². The van der Waals surface area contributed by atoms with E-state index in [4.69, 9.17) is 31.2 Å². The second-order valence-corrected chi connectivity index (χ2v) is 18.3. The van der Waals surface area contributed by atoms with Crippen molar-refractivity contribution >= 4 is 61.8 Å². The Morgan fingerprint density at radius 3 is 2.65 bits per heavy atom. The van der Waals surface area contributed by atoms with Gasteiger partial charge in [-0.15, -0.1) is 11.3 Å². The Balaban J connectivity index is 1.12. The number of aromatic nitrogens is 2. The van der Waals surface area contributed by atoms with Crippen LogP contribution in [0.5, 0.6) is 11.5 Å².